The Morgan fingerprint density at radius 3 is 2.87 bits per heavy atom. The molecule has 7 heteroatoms. The lowest BCUT2D eigenvalue weighted by Crippen LogP contribution is -2.35. The van der Waals surface area contributed by atoms with Gasteiger partial charge in [-0.3, -0.25) is 4.68 Å². The number of ether oxygens (including phenoxy) is 1. The van der Waals surface area contributed by atoms with Gasteiger partial charge in [0.1, 0.15) is 15.1 Å². The third kappa shape index (κ3) is 3.44. The number of likely N-dealkylation sites (tertiary alicyclic amines) is 1. The van der Waals surface area contributed by atoms with Gasteiger partial charge in [-0.1, -0.05) is 0 Å². The molecule has 0 bridgehead atoms. The molecule has 5 nitrogen and oxygen atoms in total. The van der Waals surface area contributed by atoms with Gasteiger partial charge in [0, 0.05) is 18.5 Å². The highest BCUT2D eigenvalue weighted by Crippen LogP contribution is 2.29. The maximum absolute atomic E-state index is 13.4. The summed E-state index contributed by atoms with van der Waals surface area (Å²) < 4.78 is 21.5. The minimum atomic E-state index is -0.500. The van der Waals surface area contributed by atoms with E-state index in [1.165, 1.54) is 12.1 Å². The van der Waals surface area contributed by atoms with Crippen LogP contribution < -0.4 is 0 Å². The van der Waals surface area contributed by atoms with E-state index in [0.717, 1.165) is 21.0 Å². The number of rotatable bonds is 1. The molecule has 3 rings (SSSR count). The van der Waals surface area contributed by atoms with Gasteiger partial charge >= 0.3 is 6.09 Å². The van der Waals surface area contributed by atoms with Crippen LogP contribution in [0, 0.1) is 9.52 Å². The summed E-state index contributed by atoms with van der Waals surface area (Å²) >= 11 is 2.11. The first kappa shape index (κ1) is 16.5. The van der Waals surface area contributed by atoms with Crippen LogP contribution in [-0.2, 0) is 4.74 Å². The van der Waals surface area contributed by atoms with Crippen molar-refractivity contribution in [2.75, 3.05) is 13.1 Å². The zero-order valence-corrected chi connectivity index (χ0v) is 15.5. The average molecular weight is 431 g/mol. The second-order valence-corrected chi connectivity index (χ2v) is 7.79. The van der Waals surface area contributed by atoms with E-state index in [-0.39, 0.29) is 18.0 Å². The summed E-state index contributed by atoms with van der Waals surface area (Å²) in [4.78, 5) is 13.9. The molecule has 1 aromatic heterocycles. The molecule has 1 aliphatic rings. The molecule has 23 heavy (non-hydrogen) atoms. The zero-order chi connectivity index (χ0) is 16.8. The van der Waals surface area contributed by atoms with Crippen LogP contribution in [0.1, 0.15) is 33.2 Å². The Labute approximate surface area is 147 Å². The molecule has 1 atom stereocenters. The van der Waals surface area contributed by atoms with Gasteiger partial charge in [-0.2, -0.15) is 5.10 Å². The van der Waals surface area contributed by atoms with E-state index in [1.807, 2.05) is 25.5 Å². The minimum Gasteiger partial charge on any atom is -0.444 e. The van der Waals surface area contributed by atoms with Crippen molar-refractivity contribution in [3.05, 3.63) is 27.7 Å². The summed E-state index contributed by atoms with van der Waals surface area (Å²) in [5, 5.41) is 5.35. The summed E-state index contributed by atoms with van der Waals surface area (Å²) in [7, 11) is 0. The topological polar surface area (TPSA) is 47.4 Å². The van der Waals surface area contributed by atoms with Crippen molar-refractivity contribution in [1.82, 2.24) is 14.7 Å². The second kappa shape index (κ2) is 5.92. The molecule has 1 aliphatic heterocycles. The van der Waals surface area contributed by atoms with E-state index >= 15 is 0 Å². The predicted molar refractivity (Wildman–Crippen MR) is 93.9 cm³/mol. The molecule has 1 amide bonds. The molecule has 1 aromatic carbocycles. The number of benzene rings is 1. The fraction of sp³-hybridized carbons (Fsp3) is 0.500. The molecule has 0 radical (unpaired) electrons. The molecule has 0 unspecified atom stereocenters. The van der Waals surface area contributed by atoms with Crippen LogP contribution in [0.2, 0.25) is 0 Å². The predicted octanol–water partition coefficient (Wildman–Crippen LogP) is 3.96. The van der Waals surface area contributed by atoms with Gasteiger partial charge in [0.25, 0.3) is 0 Å². The molecule has 0 spiro atoms. The fourth-order valence-electron chi connectivity index (χ4n) is 2.79. The van der Waals surface area contributed by atoms with Crippen LogP contribution in [0.25, 0.3) is 10.9 Å². The number of nitrogens with zero attached hydrogens (tertiary/aromatic N) is 3. The number of hydrogen-bond donors (Lipinski definition) is 0. The van der Waals surface area contributed by atoms with E-state index in [2.05, 4.69) is 27.7 Å². The molecular weight excluding hydrogens is 412 g/mol. The first-order valence-corrected chi connectivity index (χ1v) is 8.64. The largest absolute Gasteiger partial charge is 0.444 e. The fourth-order valence-corrected chi connectivity index (χ4v) is 3.45. The normalized spacial score (nSPS) is 18.7. The van der Waals surface area contributed by atoms with E-state index in [4.69, 9.17) is 4.74 Å². The molecule has 1 fully saturated rings. The lowest BCUT2D eigenvalue weighted by atomic mass is 10.2. The van der Waals surface area contributed by atoms with Crippen molar-refractivity contribution in [2.45, 2.75) is 38.8 Å². The summed E-state index contributed by atoms with van der Waals surface area (Å²) in [5.74, 6) is -0.267. The average Bonchev–Trinajstić information content (AvgIpc) is 3.02. The van der Waals surface area contributed by atoms with Crippen LogP contribution in [0.4, 0.5) is 9.18 Å². The smallest absolute Gasteiger partial charge is 0.410 e. The molecule has 0 saturated carbocycles. The van der Waals surface area contributed by atoms with Gasteiger partial charge in [-0.05, 0) is 68.0 Å². The molecule has 124 valence electrons. The summed E-state index contributed by atoms with van der Waals surface area (Å²) in [5.41, 5.74) is 0.396. The molecule has 0 N–H and O–H groups in total. The maximum Gasteiger partial charge on any atom is 0.410 e. The highest BCUT2D eigenvalue weighted by molar-refractivity contribution is 14.1. The van der Waals surface area contributed by atoms with E-state index in [0.29, 0.717) is 13.1 Å². The quantitative estimate of drug-likeness (QED) is 0.643. The third-order valence-electron chi connectivity index (χ3n) is 3.78. The maximum atomic E-state index is 13.4. The van der Waals surface area contributed by atoms with Crippen molar-refractivity contribution in [3.8, 4) is 0 Å². The second-order valence-electron chi connectivity index (χ2n) is 6.77. The number of halogens is 2. The SMILES string of the molecule is CC(C)(C)OC(=O)N1CC[C@H](n2nc(I)c3cc(F)ccc32)C1. The minimum absolute atomic E-state index is 0.0824. The third-order valence-corrected chi connectivity index (χ3v) is 4.58. The number of fused-ring (bicyclic) bond motifs is 1. The molecule has 0 aliphatic carbocycles. The Kier molecular flexibility index (Phi) is 4.24. The van der Waals surface area contributed by atoms with Gasteiger partial charge in [-0.15, -0.1) is 0 Å². The number of aromatic nitrogens is 2. The Balaban J connectivity index is 1.81. The molecular formula is C16H19FIN3O2. The molecule has 1 saturated heterocycles. The lowest BCUT2D eigenvalue weighted by molar-refractivity contribution is 0.0288. The highest BCUT2D eigenvalue weighted by atomic mass is 127. The monoisotopic (exact) mass is 431 g/mol. The molecule has 2 heterocycles. The van der Waals surface area contributed by atoms with Crippen molar-refractivity contribution >= 4 is 39.6 Å². The van der Waals surface area contributed by atoms with E-state index in [9.17, 15) is 9.18 Å². The van der Waals surface area contributed by atoms with Gasteiger partial charge in [0.2, 0.25) is 0 Å². The zero-order valence-electron chi connectivity index (χ0n) is 13.3. The number of amides is 1. The van der Waals surface area contributed by atoms with Crippen molar-refractivity contribution < 1.29 is 13.9 Å². The van der Waals surface area contributed by atoms with E-state index < -0.39 is 5.60 Å². The van der Waals surface area contributed by atoms with Crippen molar-refractivity contribution in [3.63, 3.8) is 0 Å². The Morgan fingerprint density at radius 2 is 2.17 bits per heavy atom. The molecule has 2 aromatic rings. The van der Waals surface area contributed by atoms with Gasteiger partial charge in [-0.25, -0.2) is 9.18 Å². The van der Waals surface area contributed by atoms with Crippen LogP contribution >= 0.6 is 22.6 Å². The van der Waals surface area contributed by atoms with Gasteiger partial charge < -0.3 is 9.64 Å². The number of carbonyl (C=O) groups excluding carboxylic acids is 1. The highest BCUT2D eigenvalue weighted by Gasteiger charge is 2.32. The van der Waals surface area contributed by atoms with Crippen molar-refractivity contribution in [1.29, 1.82) is 0 Å². The van der Waals surface area contributed by atoms with Crippen LogP contribution in [0.5, 0.6) is 0 Å². The first-order valence-electron chi connectivity index (χ1n) is 7.56. The summed E-state index contributed by atoms with van der Waals surface area (Å²) in [6, 6.07) is 4.77. The van der Waals surface area contributed by atoms with Crippen molar-refractivity contribution in [2.24, 2.45) is 0 Å². The van der Waals surface area contributed by atoms with E-state index in [1.54, 1.807) is 11.0 Å². The number of hydrogen-bond acceptors (Lipinski definition) is 3. The van der Waals surface area contributed by atoms with Crippen LogP contribution in [-0.4, -0.2) is 39.5 Å². The van der Waals surface area contributed by atoms with Gasteiger partial charge in [0.15, 0.2) is 0 Å². The first-order chi connectivity index (χ1) is 10.7. The van der Waals surface area contributed by atoms with Gasteiger partial charge in [0.05, 0.1) is 11.6 Å². The summed E-state index contributed by atoms with van der Waals surface area (Å²) in [6.07, 6.45) is 0.515. The van der Waals surface area contributed by atoms with Crippen LogP contribution in [0.15, 0.2) is 18.2 Å². The Morgan fingerprint density at radius 1 is 1.43 bits per heavy atom. The van der Waals surface area contributed by atoms with Crippen LogP contribution in [0.3, 0.4) is 0 Å². The Bertz CT molecular complexity index is 754. The number of carbonyl (C=O) groups is 1. The summed E-state index contributed by atoms with van der Waals surface area (Å²) in [6.45, 7) is 6.76. The standard InChI is InChI=1S/C16H19FIN3O2/c1-16(2,3)23-15(22)20-7-6-11(9-20)21-13-5-4-10(17)8-12(13)14(18)19-21/h4-5,8,11H,6-7,9H2,1-3H3/t11-/m0/s1. The Hall–Kier alpha value is -1.38. The lowest BCUT2D eigenvalue weighted by Gasteiger charge is -2.24.